The van der Waals surface area contributed by atoms with Gasteiger partial charge in [0, 0.05) is 18.4 Å². The van der Waals surface area contributed by atoms with Crippen LogP contribution < -0.4 is 10.6 Å². The van der Waals surface area contributed by atoms with Gasteiger partial charge in [-0.3, -0.25) is 9.59 Å². The summed E-state index contributed by atoms with van der Waals surface area (Å²) >= 11 is 0. The highest BCUT2D eigenvalue weighted by Crippen LogP contribution is 2.44. The molecule has 2 aromatic rings. The Morgan fingerprint density at radius 2 is 1.57 bits per heavy atom. The van der Waals surface area contributed by atoms with Crippen LogP contribution in [0.25, 0.3) is 11.1 Å². The van der Waals surface area contributed by atoms with Gasteiger partial charge in [-0.15, -0.1) is 0 Å². The Kier molecular flexibility index (Phi) is 7.43. The molecule has 2 aliphatic carbocycles. The molecule has 7 heteroatoms. The maximum Gasteiger partial charge on any atom is 0.408 e. The normalized spacial score (nSPS) is 19.4. The molecule has 2 amide bonds. The molecule has 0 bridgehead atoms. The summed E-state index contributed by atoms with van der Waals surface area (Å²) in [6, 6.07) is 16.2. The quantitative estimate of drug-likeness (QED) is 0.503. The predicted octanol–water partition coefficient (Wildman–Crippen LogP) is 4.84. The molecular formula is C28H34N2O5. The van der Waals surface area contributed by atoms with E-state index in [1.807, 2.05) is 24.3 Å². The highest BCUT2D eigenvalue weighted by Gasteiger charge is 2.35. The molecule has 4 rings (SSSR count). The van der Waals surface area contributed by atoms with E-state index in [1.165, 1.54) is 0 Å². The average molecular weight is 479 g/mol. The molecule has 186 valence electrons. The van der Waals surface area contributed by atoms with Crippen molar-refractivity contribution in [3.05, 3.63) is 59.7 Å². The molecular weight excluding hydrogens is 444 g/mol. The summed E-state index contributed by atoms with van der Waals surface area (Å²) < 4.78 is 5.61. The molecule has 0 aliphatic heterocycles. The Morgan fingerprint density at radius 1 is 0.971 bits per heavy atom. The number of benzene rings is 2. The third kappa shape index (κ3) is 5.66. The molecule has 0 radical (unpaired) electrons. The smallest absolute Gasteiger partial charge is 0.408 e. The van der Waals surface area contributed by atoms with Crippen molar-refractivity contribution in [1.82, 2.24) is 10.6 Å². The molecule has 1 fully saturated rings. The first-order valence-corrected chi connectivity index (χ1v) is 12.4. The van der Waals surface area contributed by atoms with Crippen molar-refractivity contribution in [2.24, 2.45) is 5.92 Å². The minimum Gasteiger partial charge on any atom is -0.481 e. The number of alkyl carbamates (subject to hydrolysis) is 1. The molecule has 1 saturated carbocycles. The largest absolute Gasteiger partial charge is 0.481 e. The van der Waals surface area contributed by atoms with Crippen molar-refractivity contribution in [3.63, 3.8) is 0 Å². The highest BCUT2D eigenvalue weighted by atomic mass is 16.5. The topological polar surface area (TPSA) is 105 Å². The minimum absolute atomic E-state index is 0.0534. The number of nitrogens with one attached hydrogen (secondary N) is 2. The third-order valence-electron chi connectivity index (χ3n) is 7.28. The van der Waals surface area contributed by atoms with Crippen LogP contribution in [-0.4, -0.2) is 41.3 Å². The van der Waals surface area contributed by atoms with Crippen molar-refractivity contribution >= 4 is 18.0 Å². The second-order valence-corrected chi connectivity index (χ2v) is 10.1. The van der Waals surface area contributed by atoms with E-state index in [4.69, 9.17) is 9.84 Å². The van der Waals surface area contributed by atoms with Gasteiger partial charge in [-0.1, -0.05) is 61.4 Å². The first kappa shape index (κ1) is 24.8. The highest BCUT2D eigenvalue weighted by molar-refractivity contribution is 5.89. The second kappa shape index (κ2) is 10.5. The van der Waals surface area contributed by atoms with Crippen LogP contribution in [0.1, 0.15) is 69.4 Å². The number of aliphatic carboxylic acids is 1. The van der Waals surface area contributed by atoms with Crippen LogP contribution >= 0.6 is 0 Å². The van der Waals surface area contributed by atoms with E-state index in [2.05, 4.69) is 34.9 Å². The molecule has 0 spiro atoms. The van der Waals surface area contributed by atoms with E-state index in [0.717, 1.165) is 47.9 Å². The number of rotatable bonds is 8. The van der Waals surface area contributed by atoms with Gasteiger partial charge in [0.1, 0.15) is 12.1 Å². The van der Waals surface area contributed by atoms with E-state index < -0.39 is 17.6 Å². The molecule has 35 heavy (non-hydrogen) atoms. The molecule has 2 aliphatic rings. The lowest BCUT2D eigenvalue weighted by molar-refractivity contribution is -0.137. The molecule has 2 aromatic carbocycles. The summed E-state index contributed by atoms with van der Waals surface area (Å²) in [7, 11) is 0. The van der Waals surface area contributed by atoms with Crippen LogP contribution in [0.4, 0.5) is 4.79 Å². The average Bonchev–Trinajstić information content (AvgIpc) is 3.15. The van der Waals surface area contributed by atoms with E-state index in [-0.39, 0.29) is 36.8 Å². The summed E-state index contributed by atoms with van der Waals surface area (Å²) in [4.78, 5) is 36.7. The van der Waals surface area contributed by atoms with Gasteiger partial charge >= 0.3 is 12.1 Å². The number of amides is 2. The van der Waals surface area contributed by atoms with Gasteiger partial charge in [-0.05, 0) is 61.3 Å². The van der Waals surface area contributed by atoms with Crippen molar-refractivity contribution < 1.29 is 24.2 Å². The van der Waals surface area contributed by atoms with Crippen molar-refractivity contribution in [1.29, 1.82) is 0 Å². The van der Waals surface area contributed by atoms with Crippen LogP contribution in [-0.2, 0) is 14.3 Å². The van der Waals surface area contributed by atoms with Gasteiger partial charge in [0.05, 0.1) is 0 Å². The van der Waals surface area contributed by atoms with E-state index in [0.29, 0.717) is 6.42 Å². The fourth-order valence-electron chi connectivity index (χ4n) is 5.35. The number of carboxylic acid groups (broad SMARTS) is 1. The lowest BCUT2D eigenvalue weighted by Crippen LogP contribution is -2.58. The lowest BCUT2D eigenvalue weighted by atomic mass is 9.81. The van der Waals surface area contributed by atoms with Crippen LogP contribution in [0, 0.1) is 5.92 Å². The summed E-state index contributed by atoms with van der Waals surface area (Å²) in [5.74, 6) is -1.03. The van der Waals surface area contributed by atoms with Gasteiger partial charge in [0.25, 0.3) is 0 Å². The molecule has 0 saturated heterocycles. The van der Waals surface area contributed by atoms with E-state index >= 15 is 0 Å². The summed E-state index contributed by atoms with van der Waals surface area (Å²) in [6.45, 7) is 3.48. The van der Waals surface area contributed by atoms with Gasteiger partial charge in [0.15, 0.2) is 0 Å². The first-order chi connectivity index (χ1) is 16.8. The van der Waals surface area contributed by atoms with Crippen LogP contribution in [0.5, 0.6) is 0 Å². The number of ether oxygens (including phenoxy) is 1. The number of carbonyl (C=O) groups excluding carboxylic acids is 2. The Balaban J connectivity index is 1.34. The van der Waals surface area contributed by atoms with Crippen molar-refractivity contribution in [2.45, 2.75) is 69.9 Å². The fourth-order valence-corrected chi connectivity index (χ4v) is 5.35. The number of carbonyl (C=O) groups is 3. The molecule has 0 heterocycles. The lowest BCUT2D eigenvalue weighted by Gasteiger charge is -2.35. The zero-order valence-electron chi connectivity index (χ0n) is 20.4. The number of hydrogen-bond acceptors (Lipinski definition) is 4. The van der Waals surface area contributed by atoms with Crippen molar-refractivity contribution in [3.8, 4) is 11.1 Å². The minimum atomic E-state index is -1.17. The molecule has 2 unspecified atom stereocenters. The van der Waals surface area contributed by atoms with Crippen molar-refractivity contribution in [2.75, 3.05) is 6.61 Å². The Morgan fingerprint density at radius 3 is 2.20 bits per heavy atom. The maximum absolute atomic E-state index is 13.0. The van der Waals surface area contributed by atoms with E-state index in [9.17, 15) is 14.4 Å². The second-order valence-electron chi connectivity index (χ2n) is 10.1. The first-order valence-electron chi connectivity index (χ1n) is 12.4. The molecule has 0 aromatic heterocycles. The van der Waals surface area contributed by atoms with Gasteiger partial charge in [-0.25, -0.2) is 4.79 Å². The van der Waals surface area contributed by atoms with Gasteiger partial charge in [-0.2, -0.15) is 0 Å². The fraction of sp³-hybridized carbons (Fsp3) is 0.464. The summed E-state index contributed by atoms with van der Waals surface area (Å²) in [5.41, 5.74) is 3.40. The summed E-state index contributed by atoms with van der Waals surface area (Å²) in [5, 5.41) is 14.8. The molecule has 3 N–H and O–H groups in total. The number of hydrogen-bond donors (Lipinski definition) is 3. The molecule has 2 atom stereocenters. The van der Waals surface area contributed by atoms with Gasteiger partial charge < -0.3 is 20.5 Å². The Bertz CT molecular complexity index is 1050. The van der Waals surface area contributed by atoms with Crippen LogP contribution in [0.3, 0.4) is 0 Å². The monoisotopic (exact) mass is 478 g/mol. The summed E-state index contributed by atoms with van der Waals surface area (Å²) in [6.07, 6.45) is 3.75. The third-order valence-corrected chi connectivity index (χ3v) is 7.28. The zero-order valence-corrected chi connectivity index (χ0v) is 20.4. The van der Waals surface area contributed by atoms with E-state index in [1.54, 1.807) is 13.8 Å². The molecule has 7 nitrogen and oxygen atoms in total. The predicted molar refractivity (Wildman–Crippen MR) is 133 cm³/mol. The standard InChI is InChI=1S/C28H34N2O5/c1-28(2,26(33)29-24-14-8-3-9-18(24)15-16-25(31)32)30-27(34)35-17-23-21-12-6-4-10-19(21)20-11-5-7-13-22(20)23/h4-7,10-13,18,23-24H,3,8-9,14-17H2,1-2H3,(H,29,33)(H,30,34)(H,31,32). The maximum atomic E-state index is 13.0. The number of fused-ring (bicyclic) bond motifs is 3. The van der Waals surface area contributed by atoms with Crippen LogP contribution in [0.2, 0.25) is 0 Å². The zero-order chi connectivity index (χ0) is 25.0. The Labute approximate surface area is 206 Å². The Hall–Kier alpha value is -3.35. The van der Waals surface area contributed by atoms with Gasteiger partial charge in [0.2, 0.25) is 5.91 Å². The SMILES string of the molecule is CC(C)(NC(=O)OCC1c2ccccc2-c2ccccc21)C(=O)NC1CCCCC1CCC(=O)O. The number of carboxylic acids is 1. The van der Waals surface area contributed by atoms with Crippen LogP contribution in [0.15, 0.2) is 48.5 Å².